The first-order valence-corrected chi connectivity index (χ1v) is 4.61. The standard InChI is InChI=1S/C9H18O2/c1-2-9(10,11)8-6-4-3-5-7-8/h8,10-11H,2-7H2,1H3. The molecule has 2 nitrogen and oxygen atoms in total. The molecule has 11 heavy (non-hydrogen) atoms. The van der Waals surface area contributed by atoms with E-state index in [9.17, 15) is 10.2 Å². The molecule has 1 saturated carbocycles. The summed E-state index contributed by atoms with van der Waals surface area (Å²) in [6, 6.07) is 0. The summed E-state index contributed by atoms with van der Waals surface area (Å²) in [4.78, 5) is 0. The van der Waals surface area contributed by atoms with E-state index in [2.05, 4.69) is 0 Å². The molecule has 1 aliphatic carbocycles. The quantitative estimate of drug-likeness (QED) is 0.600. The second kappa shape index (κ2) is 3.55. The molecule has 0 radical (unpaired) electrons. The van der Waals surface area contributed by atoms with E-state index >= 15 is 0 Å². The third-order valence-corrected chi connectivity index (χ3v) is 2.78. The Bertz CT molecular complexity index is 115. The highest BCUT2D eigenvalue weighted by Gasteiger charge is 2.32. The maximum atomic E-state index is 9.50. The molecule has 0 aromatic heterocycles. The molecule has 66 valence electrons. The Hall–Kier alpha value is -0.0800. The molecule has 0 aromatic rings. The molecule has 0 unspecified atom stereocenters. The third kappa shape index (κ3) is 2.17. The largest absolute Gasteiger partial charge is 0.365 e. The molecule has 0 aliphatic heterocycles. The molecule has 0 aromatic carbocycles. The van der Waals surface area contributed by atoms with Gasteiger partial charge >= 0.3 is 0 Å². The van der Waals surface area contributed by atoms with Gasteiger partial charge in [-0.2, -0.15) is 0 Å². The van der Waals surface area contributed by atoms with Gasteiger partial charge in [0.2, 0.25) is 0 Å². The molecule has 0 bridgehead atoms. The van der Waals surface area contributed by atoms with Gasteiger partial charge in [-0.1, -0.05) is 26.2 Å². The van der Waals surface area contributed by atoms with Crippen molar-refractivity contribution in [2.45, 2.75) is 51.2 Å². The molecule has 1 aliphatic rings. The van der Waals surface area contributed by atoms with Crippen LogP contribution in [0.15, 0.2) is 0 Å². The zero-order valence-corrected chi connectivity index (χ0v) is 7.21. The van der Waals surface area contributed by atoms with Crippen molar-refractivity contribution in [1.82, 2.24) is 0 Å². The van der Waals surface area contributed by atoms with Crippen LogP contribution >= 0.6 is 0 Å². The lowest BCUT2D eigenvalue weighted by molar-refractivity contribution is -0.207. The van der Waals surface area contributed by atoms with Gasteiger partial charge in [-0.15, -0.1) is 0 Å². The Morgan fingerprint density at radius 1 is 1.18 bits per heavy atom. The van der Waals surface area contributed by atoms with Crippen molar-refractivity contribution < 1.29 is 10.2 Å². The zero-order valence-electron chi connectivity index (χ0n) is 7.21. The van der Waals surface area contributed by atoms with E-state index in [1.807, 2.05) is 6.92 Å². The van der Waals surface area contributed by atoms with Gasteiger partial charge in [-0.05, 0) is 19.3 Å². The maximum absolute atomic E-state index is 9.50. The van der Waals surface area contributed by atoms with E-state index in [4.69, 9.17) is 0 Å². The van der Waals surface area contributed by atoms with Crippen LogP contribution in [-0.4, -0.2) is 16.0 Å². The molecule has 0 heterocycles. The van der Waals surface area contributed by atoms with E-state index in [-0.39, 0.29) is 5.92 Å². The highest BCUT2D eigenvalue weighted by Crippen LogP contribution is 2.32. The summed E-state index contributed by atoms with van der Waals surface area (Å²) in [5.74, 6) is -1.26. The normalized spacial score (nSPS) is 22.1. The van der Waals surface area contributed by atoms with Crippen molar-refractivity contribution in [3.8, 4) is 0 Å². The van der Waals surface area contributed by atoms with Crippen molar-refractivity contribution in [2.75, 3.05) is 0 Å². The second-order valence-corrected chi connectivity index (χ2v) is 3.57. The lowest BCUT2D eigenvalue weighted by atomic mass is 9.82. The minimum absolute atomic E-state index is 0.126. The van der Waals surface area contributed by atoms with Crippen LogP contribution in [0.25, 0.3) is 0 Å². The first kappa shape index (κ1) is 9.01. The molecule has 0 spiro atoms. The molecule has 0 saturated heterocycles. The lowest BCUT2D eigenvalue weighted by Crippen LogP contribution is -2.38. The fourth-order valence-electron chi connectivity index (χ4n) is 1.85. The van der Waals surface area contributed by atoms with Crippen LogP contribution in [-0.2, 0) is 0 Å². The molecule has 1 rings (SSSR count). The zero-order chi connectivity index (χ0) is 8.32. The van der Waals surface area contributed by atoms with E-state index in [1.165, 1.54) is 6.42 Å². The van der Waals surface area contributed by atoms with Crippen LogP contribution < -0.4 is 0 Å². The van der Waals surface area contributed by atoms with E-state index in [1.54, 1.807) is 0 Å². The Morgan fingerprint density at radius 2 is 1.73 bits per heavy atom. The highest BCUT2D eigenvalue weighted by molar-refractivity contribution is 4.77. The Balaban J connectivity index is 2.43. The Morgan fingerprint density at radius 3 is 2.18 bits per heavy atom. The monoisotopic (exact) mass is 158 g/mol. The predicted molar refractivity (Wildman–Crippen MR) is 44.0 cm³/mol. The Labute approximate surface area is 68.2 Å². The average Bonchev–Trinajstić information content (AvgIpc) is 2.06. The average molecular weight is 158 g/mol. The molecule has 1 fully saturated rings. The fourth-order valence-corrected chi connectivity index (χ4v) is 1.85. The lowest BCUT2D eigenvalue weighted by Gasteiger charge is -2.33. The summed E-state index contributed by atoms with van der Waals surface area (Å²) in [5, 5.41) is 19.0. The Kier molecular flexibility index (Phi) is 2.90. The van der Waals surface area contributed by atoms with Crippen molar-refractivity contribution in [3.63, 3.8) is 0 Å². The second-order valence-electron chi connectivity index (χ2n) is 3.57. The first-order valence-electron chi connectivity index (χ1n) is 4.61. The maximum Gasteiger partial charge on any atom is 0.165 e. The van der Waals surface area contributed by atoms with E-state index in [0.29, 0.717) is 6.42 Å². The van der Waals surface area contributed by atoms with Gasteiger partial charge in [0, 0.05) is 5.92 Å². The van der Waals surface area contributed by atoms with Crippen molar-refractivity contribution >= 4 is 0 Å². The fraction of sp³-hybridized carbons (Fsp3) is 1.00. The van der Waals surface area contributed by atoms with Crippen molar-refractivity contribution in [1.29, 1.82) is 0 Å². The van der Waals surface area contributed by atoms with Crippen LogP contribution in [0.3, 0.4) is 0 Å². The smallest absolute Gasteiger partial charge is 0.165 e. The molecular formula is C9H18O2. The van der Waals surface area contributed by atoms with Crippen LogP contribution in [0.4, 0.5) is 0 Å². The van der Waals surface area contributed by atoms with Crippen molar-refractivity contribution in [2.24, 2.45) is 5.92 Å². The number of aliphatic hydroxyl groups is 2. The molecule has 0 atom stereocenters. The third-order valence-electron chi connectivity index (χ3n) is 2.78. The van der Waals surface area contributed by atoms with Gasteiger partial charge < -0.3 is 10.2 Å². The SMILES string of the molecule is CCC(O)(O)C1CCCCC1. The first-order chi connectivity index (χ1) is 5.17. The summed E-state index contributed by atoms with van der Waals surface area (Å²) >= 11 is 0. The molecule has 2 N–H and O–H groups in total. The molecule has 2 heteroatoms. The van der Waals surface area contributed by atoms with Gasteiger partial charge in [0.1, 0.15) is 0 Å². The van der Waals surface area contributed by atoms with Gasteiger partial charge in [0.05, 0.1) is 0 Å². The van der Waals surface area contributed by atoms with Crippen molar-refractivity contribution in [3.05, 3.63) is 0 Å². The van der Waals surface area contributed by atoms with E-state index in [0.717, 1.165) is 25.7 Å². The topological polar surface area (TPSA) is 40.5 Å². The van der Waals surface area contributed by atoms with Crippen LogP contribution in [0.5, 0.6) is 0 Å². The van der Waals surface area contributed by atoms with Crippen LogP contribution in [0, 0.1) is 5.92 Å². The summed E-state index contributed by atoms with van der Waals surface area (Å²) in [5.41, 5.74) is 0. The predicted octanol–water partition coefficient (Wildman–Crippen LogP) is 1.66. The minimum atomic E-state index is -1.39. The van der Waals surface area contributed by atoms with E-state index < -0.39 is 5.79 Å². The highest BCUT2D eigenvalue weighted by atomic mass is 16.5. The molecular weight excluding hydrogens is 140 g/mol. The minimum Gasteiger partial charge on any atom is -0.365 e. The van der Waals surface area contributed by atoms with Crippen LogP contribution in [0.2, 0.25) is 0 Å². The van der Waals surface area contributed by atoms with Gasteiger partial charge in [0.25, 0.3) is 0 Å². The summed E-state index contributed by atoms with van der Waals surface area (Å²) in [6.07, 6.45) is 6.01. The van der Waals surface area contributed by atoms with Gasteiger partial charge in [0.15, 0.2) is 5.79 Å². The summed E-state index contributed by atoms with van der Waals surface area (Å²) in [7, 11) is 0. The summed E-state index contributed by atoms with van der Waals surface area (Å²) in [6.45, 7) is 1.83. The number of rotatable bonds is 2. The van der Waals surface area contributed by atoms with Crippen LogP contribution in [0.1, 0.15) is 45.4 Å². The van der Waals surface area contributed by atoms with Gasteiger partial charge in [-0.3, -0.25) is 0 Å². The van der Waals surface area contributed by atoms with Gasteiger partial charge in [-0.25, -0.2) is 0 Å². The number of hydrogen-bond donors (Lipinski definition) is 2. The molecule has 0 amide bonds. The summed E-state index contributed by atoms with van der Waals surface area (Å²) < 4.78 is 0. The number of hydrogen-bond acceptors (Lipinski definition) is 2.